The number of anilines is 1. The molecule has 3 atom stereocenters. The number of halogens is 3. The summed E-state index contributed by atoms with van der Waals surface area (Å²) in [5.74, 6) is -0.891. The van der Waals surface area contributed by atoms with Crippen molar-refractivity contribution >= 4 is 17.7 Å². The minimum absolute atomic E-state index is 0.0409. The molecule has 2 fully saturated rings. The maximum absolute atomic E-state index is 12.5. The third-order valence-corrected chi connectivity index (χ3v) is 4.87. The first-order valence-electron chi connectivity index (χ1n) is 7.75. The van der Waals surface area contributed by atoms with Crippen LogP contribution < -0.4 is 5.32 Å². The van der Waals surface area contributed by atoms with Gasteiger partial charge in [-0.2, -0.15) is 13.2 Å². The summed E-state index contributed by atoms with van der Waals surface area (Å²) in [6.45, 7) is 0.369. The van der Waals surface area contributed by atoms with Gasteiger partial charge in [0.2, 0.25) is 0 Å². The Morgan fingerprint density at radius 3 is 2.42 bits per heavy atom. The molecule has 1 saturated carbocycles. The first kappa shape index (κ1) is 16.6. The van der Waals surface area contributed by atoms with Gasteiger partial charge in [-0.1, -0.05) is 6.42 Å². The van der Waals surface area contributed by atoms with Gasteiger partial charge in [0.05, 0.1) is 5.56 Å². The van der Waals surface area contributed by atoms with E-state index in [0.29, 0.717) is 6.54 Å². The van der Waals surface area contributed by atoms with E-state index >= 15 is 0 Å². The monoisotopic (exact) mass is 342 g/mol. The van der Waals surface area contributed by atoms with Gasteiger partial charge in [0.1, 0.15) is 6.04 Å². The summed E-state index contributed by atoms with van der Waals surface area (Å²) in [7, 11) is 0. The lowest BCUT2D eigenvalue weighted by molar-refractivity contribution is -0.142. The highest BCUT2D eigenvalue weighted by Gasteiger charge is 2.49. The van der Waals surface area contributed by atoms with Crippen LogP contribution >= 0.6 is 0 Å². The van der Waals surface area contributed by atoms with Crippen LogP contribution in [-0.4, -0.2) is 34.6 Å². The highest BCUT2D eigenvalue weighted by atomic mass is 19.4. The maximum Gasteiger partial charge on any atom is 0.416 e. The molecule has 1 aromatic rings. The van der Waals surface area contributed by atoms with Crippen molar-refractivity contribution in [3.63, 3.8) is 0 Å². The Hall–Kier alpha value is -2.25. The number of likely N-dealkylation sites (tertiary alicyclic amines) is 1. The number of benzene rings is 1. The van der Waals surface area contributed by atoms with Gasteiger partial charge in [-0.15, -0.1) is 0 Å². The molecule has 0 radical (unpaired) electrons. The van der Waals surface area contributed by atoms with Crippen LogP contribution in [0, 0.1) is 11.8 Å². The zero-order chi connectivity index (χ0) is 17.5. The number of hydrogen-bond donors (Lipinski definition) is 2. The van der Waals surface area contributed by atoms with E-state index in [4.69, 9.17) is 0 Å². The molecular formula is C16H17F3N2O3. The van der Waals surface area contributed by atoms with Gasteiger partial charge < -0.3 is 15.3 Å². The number of aliphatic carboxylic acids is 1. The van der Waals surface area contributed by atoms with Gasteiger partial charge in [0, 0.05) is 12.2 Å². The second-order valence-corrected chi connectivity index (χ2v) is 6.30. The van der Waals surface area contributed by atoms with Gasteiger partial charge in [-0.05, 0) is 48.9 Å². The van der Waals surface area contributed by atoms with Crippen LogP contribution in [0.1, 0.15) is 24.8 Å². The molecule has 8 heteroatoms. The molecule has 5 nitrogen and oxygen atoms in total. The van der Waals surface area contributed by atoms with E-state index in [9.17, 15) is 27.9 Å². The van der Waals surface area contributed by atoms with Crippen molar-refractivity contribution in [1.82, 2.24) is 4.90 Å². The number of carboxylic acid groups (broad SMARTS) is 1. The molecule has 1 aromatic carbocycles. The number of nitrogens with zero attached hydrogens (tertiary/aromatic N) is 1. The maximum atomic E-state index is 12.5. The van der Waals surface area contributed by atoms with E-state index in [-0.39, 0.29) is 17.5 Å². The summed E-state index contributed by atoms with van der Waals surface area (Å²) in [6.07, 6.45) is -1.79. The number of nitrogens with one attached hydrogen (secondary N) is 1. The smallest absolute Gasteiger partial charge is 0.416 e. The van der Waals surface area contributed by atoms with Gasteiger partial charge in [-0.25, -0.2) is 9.59 Å². The lowest BCUT2D eigenvalue weighted by atomic mass is 9.94. The Bertz CT molecular complexity index is 645. The standard InChI is InChI=1S/C16H17F3N2O3/c17-16(18,19)10-4-6-11(7-5-10)20-15(24)21-8-9-2-1-3-12(9)13(21)14(22)23/h4-7,9,12-13H,1-3,8H2,(H,20,24)(H,22,23)/t9-,12+,13-/m0/s1. The van der Waals surface area contributed by atoms with Crippen molar-refractivity contribution < 1.29 is 27.9 Å². The molecule has 0 aromatic heterocycles. The number of alkyl halides is 3. The average Bonchev–Trinajstić information content (AvgIpc) is 3.06. The Balaban J connectivity index is 1.71. The molecule has 1 aliphatic heterocycles. The molecule has 0 unspecified atom stereocenters. The van der Waals surface area contributed by atoms with Crippen molar-refractivity contribution in [1.29, 1.82) is 0 Å². The van der Waals surface area contributed by atoms with Gasteiger partial charge in [-0.3, -0.25) is 0 Å². The molecule has 2 N–H and O–H groups in total. The normalized spacial score (nSPS) is 26.3. The number of carbonyl (C=O) groups excluding carboxylic acids is 1. The van der Waals surface area contributed by atoms with Crippen molar-refractivity contribution in [2.75, 3.05) is 11.9 Å². The summed E-state index contributed by atoms with van der Waals surface area (Å²) >= 11 is 0. The Morgan fingerprint density at radius 1 is 1.17 bits per heavy atom. The van der Waals surface area contributed by atoms with Crippen molar-refractivity contribution in [3.05, 3.63) is 29.8 Å². The number of carbonyl (C=O) groups is 2. The average molecular weight is 342 g/mol. The summed E-state index contributed by atoms with van der Waals surface area (Å²) in [6, 6.07) is 2.62. The summed E-state index contributed by atoms with van der Waals surface area (Å²) < 4.78 is 37.6. The van der Waals surface area contributed by atoms with Crippen LogP contribution in [0.4, 0.5) is 23.7 Å². The molecule has 3 rings (SSSR count). The van der Waals surface area contributed by atoms with Gasteiger partial charge >= 0.3 is 18.2 Å². The van der Waals surface area contributed by atoms with Crippen molar-refractivity contribution in [2.24, 2.45) is 11.8 Å². The van der Waals surface area contributed by atoms with Crippen molar-refractivity contribution in [2.45, 2.75) is 31.5 Å². The fraction of sp³-hybridized carbons (Fsp3) is 0.500. The zero-order valence-electron chi connectivity index (χ0n) is 12.7. The highest BCUT2D eigenvalue weighted by molar-refractivity contribution is 5.93. The number of rotatable bonds is 2. The number of amides is 2. The first-order valence-corrected chi connectivity index (χ1v) is 7.75. The molecule has 2 amide bonds. The number of hydrogen-bond acceptors (Lipinski definition) is 2. The predicted molar refractivity (Wildman–Crippen MR) is 79.4 cm³/mol. The third-order valence-electron chi connectivity index (χ3n) is 4.87. The Morgan fingerprint density at radius 2 is 1.83 bits per heavy atom. The third kappa shape index (κ3) is 3.05. The zero-order valence-corrected chi connectivity index (χ0v) is 12.7. The van der Waals surface area contributed by atoms with Crippen LogP contribution in [0.2, 0.25) is 0 Å². The van der Waals surface area contributed by atoms with Crippen LogP contribution in [0.15, 0.2) is 24.3 Å². The summed E-state index contributed by atoms with van der Waals surface area (Å²) in [5, 5.41) is 11.9. The second-order valence-electron chi connectivity index (χ2n) is 6.30. The fourth-order valence-corrected chi connectivity index (χ4v) is 3.77. The molecule has 0 spiro atoms. The largest absolute Gasteiger partial charge is 0.480 e. The van der Waals surface area contributed by atoms with Crippen LogP contribution in [0.3, 0.4) is 0 Å². The number of fused-ring (bicyclic) bond motifs is 1. The lowest BCUT2D eigenvalue weighted by Crippen LogP contribution is -2.45. The van der Waals surface area contributed by atoms with E-state index in [1.165, 1.54) is 4.90 Å². The second kappa shape index (κ2) is 5.99. The number of carboxylic acids is 1. The summed E-state index contributed by atoms with van der Waals surface area (Å²) in [4.78, 5) is 25.2. The Labute approximate surface area is 136 Å². The van der Waals surface area contributed by atoms with E-state index in [2.05, 4.69) is 5.32 Å². The van der Waals surface area contributed by atoms with E-state index in [1.807, 2.05) is 0 Å². The topological polar surface area (TPSA) is 69.6 Å². The lowest BCUT2D eigenvalue weighted by Gasteiger charge is -2.24. The predicted octanol–water partition coefficient (Wildman–Crippen LogP) is 3.42. The van der Waals surface area contributed by atoms with E-state index in [0.717, 1.165) is 43.5 Å². The molecule has 1 aliphatic carbocycles. The minimum atomic E-state index is -4.44. The highest BCUT2D eigenvalue weighted by Crippen LogP contribution is 2.42. The summed E-state index contributed by atoms with van der Waals surface area (Å²) in [5.41, 5.74) is -0.603. The van der Waals surface area contributed by atoms with E-state index < -0.39 is 29.8 Å². The van der Waals surface area contributed by atoms with E-state index in [1.54, 1.807) is 0 Å². The number of urea groups is 1. The molecule has 0 bridgehead atoms. The molecule has 24 heavy (non-hydrogen) atoms. The molecule has 1 heterocycles. The Kier molecular flexibility index (Phi) is 4.15. The molecule has 130 valence electrons. The van der Waals surface area contributed by atoms with Crippen LogP contribution in [0.5, 0.6) is 0 Å². The first-order chi connectivity index (χ1) is 11.3. The minimum Gasteiger partial charge on any atom is -0.480 e. The molecule has 2 aliphatic rings. The van der Waals surface area contributed by atoms with Crippen LogP contribution in [0.25, 0.3) is 0 Å². The van der Waals surface area contributed by atoms with Crippen LogP contribution in [-0.2, 0) is 11.0 Å². The SMILES string of the molecule is O=C(O)[C@@H]1[C@@H]2CCC[C@H]2CN1C(=O)Nc1ccc(C(F)(F)F)cc1. The van der Waals surface area contributed by atoms with Crippen molar-refractivity contribution in [3.8, 4) is 0 Å². The fourth-order valence-electron chi connectivity index (χ4n) is 3.77. The molecular weight excluding hydrogens is 325 g/mol. The molecule has 1 saturated heterocycles. The van der Waals surface area contributed by atoms with Gasteiger partial charge in [0.15, 0.2) is 0 Å². The quantitative estimate of drug-likeness (QED) is 0.865. The van der Waals surface area contributed by atoms with Gasteiger partial charge in [0.25, 0.3) is 0 Å².